The topological polar surface area (TPSA) is 94.1 Å². The zero-order valence-electron chi connectivity index (χ0n) is 15.7. The normalized spacial score (nSPS) is 34.3. The first-order valence-corrected chi connectivity index (χ1v) is 9.98. The van der Waals surface area contributed by atoms with E-state index in [4.69, 9.17) is 14.2 Å². The second-order valence-corrected chi connectivity index (χ2v) is 9.01. The smallest absolute Gasteiger partial charge is 0.312 e. The maximum atomic E-state index is 12.8. The molecule has 0 spiro atoms. The Kier molecular flexibility index (Phi) is 4.05. The van der Waals surface area contributed by atoms with Gasteiger partial charge in [0.25, 0.3) is 5.91 Å². The first-order valence-electron chi connectivity index (χ1n) is 9.98. The number of carbonyl (C=O) groups excluding carboxylic acids is 2. The average molecular weight is 387 g/mol. The molecule has 4 aliphatic carbocycles. The monoisotopic (exact) mass is 387 g/mol. The molecular formula is C21H25NO6. The van der Waals surface area contributed by atoms with E-state index in [0.29, 0.717) is 36.3 Å². The van der Waals surface area contributed by atoms with Gasteiger partial charge in [-0.2, -0.15) is 0 Å². The Balaban J connectivity index is 1.14. The Morgan fingerprint density at radius 1 is 1.14 bits per heavy atom. The van der Waals surface area contributed by atoms with Gasteiger partial charge in [-0.3, -0.25) is 9.59 Å². The molecule has 7 heteroatoms. The summed E-state index contributed by atoms with van der Waals surface area (Å²) in [5.41, 5.74) is -0.437. The number of fused-ring (bicyclic) bond motifs is 1. The molecule has 4 bridgehead atoms. The largest absolute Gasteiger partial charge is 0.455 e. The zero-order valence-corrected chi connectivity index (χ0v) is 15.7. The number of hydrogen-bond donors (Lipinski definition) is 2. The second-order valence-electron chi connectivity index (χ2n) is 9.01. The Labute approximate surface area is 163 Å². The first-order chi connectivity index (χ1) is 13.4. The van der Waals surface area contributed by atoms with Gasteiger partial charge in [-0.05, 0) is 68.1 Å². The number of benzene rings is 1. The second kappa shape index (κ2) is 6.37. The van der Waals surface area contributed by atoms with E-state index in [9.17, 15) is 14.7 Å². The van der Waals surface area contributed by atoms with Crippen molar-refractivity contribution in [3.63, 3.8) is 0 Å². The summed E-state index contributed by atoms with van der Waals surface area (Å²) >= 11 is 0. The number of rotatable bonds is 5. The van der Waals surface area contributed by atoms with Crippen molar-refractivity contribution >= 4 is 11.9 Å². The van der Waals surface area contributed by atoms with Crippen molar-refractivity contribution in [3.05, 3.63) is 23.8 Å². The van der Waals surface area contributed by atoms with E-state index < -0.39 is 11.0 Å². The third kappa shape index (κ3) is 3.11. The van der Waals surface area contributed by atoms with E-state index in [1.807, 2.05) is 18.2 Å². The molecule has 1 heterocycles. The van der Waals surface area contributed by atoms with Crippen LogP contribution in [0, 0.1) is 17.3 Å². The minimum absolute atomic E-state index is 0.208. The molecule has 0 radical (unpaired) electrons. The average Bonchev–Trinajstić information content (AvgIpc) is 3.10. The maximum absolute atomic E-state index is 12.8. The number of esters is 1. The van der Waals surface area contributed by atoms with Crippen molar-refractivity contribution in [1.82, 2.24) is 5.32 Å². The molecule has 2 N–H and O–H groups in total. The fourth-order valence-corrected chi connectivity index (χ4v) is 6.04. The Morgan fingerprint density at radius 2 is 1.89 bits per heavy atom. The molecule has 5 aliphatic rings. The standard InChI is InChI=1S/C21H25NO6/c23-18(22-9-13-1-2-16-17(4-13)28-12-27-16)10-26-19(24)20-5-14-3-15(6-20)8-21(25,7-14)11-20/h1-2,4,14-15,25H,3,5-12H2,(H,22,23)/t14-,15-,20?,21?/m1/s1. The Bertz CT molecular complexity index is 807. The molecule has 4 saturated carbocycles. The Morgan fingerprint density at radius 3 is 2.64 bits per heavy atom. The lowest BCUT2D eigenvalue weighted by Gasteiger charge is -2.58. The molecule has 2 atom stereocenters. The molecule has 7 nitrogen and oxygen atoms in total. The van der Waals surface area contributed by atoms with Crippen LogP contribution >= 0.6 is 0 Å². The minimum atomic E-state index is -0.718. The van der Waals surface area contributed by atoms with E-state index >= 15 is 0 Å². The molecule has 1 aromatic rings. The van der Waals surface area contributed by atoms with Gasteiger partial charge in [-0.15, -0.1) is 0 Å². The van der Waals surface area contributed by atoms with Gasteiger partial charge in [-0.1, -0.05) is 6.07 Å². The summed E-state index contributed by atoms with van der Waals surface area (Å²) in [6.45, 7) is 0.237. The number of carbonyl (C=O) groups is 2. The van der Waals surface area contributed by atoms with Gasteiger partial charge in [0, 0.05) is 6.54 Å². The van der Waals surface area contributed by atoms with E-state index in [1.54, 1.807) is 0 Å². The third-order valence-electron chi connectivity index (χ3n) is 6.72. The van der Waals surface area contributed by atoms with Crippen LogP contribution in [0.4, 0.5) is 0 Å². The van der Waals surface area contributed by atoms with Gasteiger partial charge in [0.1, 0.15) is 0 Å². The van der Waals surface area contributed by atoms with Gasteiger partial charge in [0.15, 0.2) is 18.1 Å². The van der Waals surface area contributed by atoms with Crippen molar-refractivity contribution in [3.8, 4) is 11.5 Å². The number of aliphatic hydroxyl groups is 1. The summed E-state index contributed by atoms with van der Waals surface area (Å²) in [6, 6.07) is 5.49. The van der Waals surface area contributed by atoms with Crippen molar-refractivity contribution in [2.45, 2.75) is 50.7 Å². The maximum Gasteiger partial charge on any atom is 0.312 e. The number of nitrogens with one attached hydrogen (secondary N) is 1. The van der Waals surface area contributed by atoms with Crippen molar-refractivity contribution in [1.29, 1.82) is 0 Å². The molecular weight excluding hydrogens is 362 g/mol. The highest BCUT2D eigenvalue weighted by Gasteiger charge is 2.60. The van der Waals surface area contributed by atoms with E-state index in [-0.39, 0.29) is 25.3 Å². The van der Waals surface area contributed by atoms with Gasteiger partial charge in [-0.25, -0.2) is 0 Å². The third-order valence-corrected chi connectivity index (χ3v) is 6.72. The lowest BCUT2D eigenvalue weighted by Crippen LogP contribution is -2.58. The molecule has 0 saturated heterocycles. The van der Waals surface area contributed by atoms with Crippen LogP contribution < -0.4 is 14.8 Å². The molecule has 6 rings (SSSR count). The SMILES string of the molecule is O=C(COC(=O)C12C[C@H]3C[C@@H](CC(O)(C3)C1)C2)NCc1ccc2c(c1)OCO2. The lowest BCUT2D eigenvalue weighted by atomic mass is 9.48. The molecule has 1 aliphatic heterocycles. The van der Waals surface area contributed by atoms with E-state index in [1.165, 1.54) is 0 Å². The quantitative estimate of drug-likeness (QED) is 0.750. The highest BCUT2D eigenvalue weighted by atomic mass is 16.7. The highest BCUT2D eigenvalue weighted by molar-refractivity contribution is 5.83. The molecule has 150 valence electrons. The fourth-order valence-electron chi connectivity index (χ4n) is 6.04. The van der Waals surface area contributed by atoms with Gasteiger partial charge in [0.05, 0.1) is 11.0 Å². The highest BCUT2D eigenvalue weighted by Crippen LogP contribution is 2.61. The summed E-state index contributed by atoms with van der Waals surface area (Å²) in [6.07, 6.45) is 4.74. The van der Waals surface area contributed by atoms with Crippen LogP contribution in [0.2, 0.25) is 0 Å². The minimum Gasteiger partial charge on any atom is -0.455 e. The van der Waals surface area contributed by atoms with Gasteiger partial charge >= 0.3 is 5.97 Å². The predicted molar refractivity (Wildman–Crippen MR) is 97.4 cm³/mol. The van der Waals surface area contributed by atoms with Crippen LogP contribution in [0.25, 0.3) is 0 Å². The number of amides is 1. The molecule has 1 amide bonds. The van der Waals surface area contributed by atoms with Gasteiger partial charge < -0.3 is 24.6 Å². The van der Waals surface area contributed by atoms with Crippen LogP contribution in [0.1, 0.15) is 44.1 Å². The zero-order chi connectivity index (χ0) is 19.4. The van der Waals surface area contributed by atoms with Crippen LogP contribution in [-0.2, 0) is 20.9 Å². The van der Waals surface area contributed by atoms with Crippen LogP contribution in [0.15, 0.2) is 18.2 Å². The first kappa shape index (κ1) is 17.8. The van der Waals surface area contributed by atoms with Crippen LogP contribution in [0.5, 0.6) is 11.5 Å². The van der Waals surface area contributed by atoms with Crippen molar-refractivity contribution < 1.29 is 28.9 Å². The van der Waals surface area contributed by atoms with Crippen molar-refractivity contribution in [2.75, 3.05) is 13.4 Å². The fraction of sp³-hybridized carbons (Fsp3) is 0.619. The van der Waals surface area contributed by atoms with Gasteiger partial charge in [0.2, 0.25) is 6.79 Å². The molecule has 1 aromatic carbocycles. The van der Waals surface area contributed by atoms with Crippen LogP contribution in [0.3, 0.4) is 0 Å². The summed E-state index contributed by atoms with van der Waals surface area (Å²) in [7, 11) is 0. The molecule has 28 heavy (non-hydrogen) atoms. The summed E-state index contributed by atoms with van der Waals surface area (Å²) in [4.78, 5) is 25.0. The summed E-state index contributed by atoms with van der Waals surface area (Å²) < 4.78 is 16.0. The van der Waals surface area contributed by atoms with E-state index in [2.05, 4.69) is 5.32 Å². The lowest BCUT2D eigenvalue weighted by molar-refractivity contribution is -0.196. The predicted octanol–water partition coefficient (Wildman–Crippen LogP) is 1.91. The molecule has 0 aromatic heterocycles. The summed E-state index contributed by atoms with van der Waals surface area (Å²) in [5, 5.41) is 13.5. The molecule has 4 fully saturated rings. The Hall–Kier alpha value is -2.28. The van der Waals surface area contributed by atoms with E-state index in [0.717, 1.165) is 37.7 Å². The van der Waals surface area contributed by atoms with Crippen molar-refractivity contribution in [2.24, 2.45) is 17.3 Å². The number of ether oxygens (including phenoxy) is 3. The summed E-state index contributed by atoms with van der Waals surface area (Å²) in [5.74, 6) is 1.50. The molecule has 0 unspecified atom stereocenters. The van der Waals surface area contributed by atoms with Crippen LogP contribution in [-0.4, -0.2) is 36.0 Å². The number of hydrogen-bond acceptors (Lipinski definition) is 6.